The zero-order valence-electron chi connectivity index (χ0n) is 9.16. The Bertz CT molecular complexity index is 558. The molecule has 0 bridgehead atoms. The van der Waals surface area contributed by atoms with E-state index in [0.717, 1.165) is 12.1 Å². The molecule has 0 aliphatic carbocycles. The van der Waals surface area contributed by atoms with Crippen molar-refractivity contribution in [3.63, 3.8) is 0 Å². The van der Waals surface area contributed by atoms with E-state index in [1.165, 1.54) is 10.9 Å². The Kier molecular flexibility index (Phi) is 3.84. The minimum atomic E-state index is -1.43. The molecule has 2 rings (SSSR count). The van der Waals surface area contributed by atoms with Crippen molar-refractivity contribution < 1.29 is 13.9 Å². The first-order valence-corrected chi connectivity index (χ1v) is 6.50. The molecule has 1 aromatic carbocycles. The molecule has 0 spiro atoms. The zero-order chi connectivity index (χ0) is 13.4. The standard InChI is InChI=1S/C11H8Br2F2N2O/c1-17-10(6(13)4-16-17)11(18)9-7(14)2-5(12)3-8(9)15/h2-4,11,18H,1H3. The van der Waals surface area contributed by atoms with Crippen LogP contribution in [-0.4, -0.2) is 14.9 Å². The van der Waals surface area contributed by atoms with Crippen LogP contribution in [0.25, 0.3) is 0 Å². The van der Waals surface area contributed by atoms with Gasteiger partial charge in [0, 0.05) is 11.5 Å². The second kappa shape index (κ2) is 5.07. The van der Waals surface area contributed by atoms with Crippen LogP contribution in [-0.2, 0) is 7.05 Å². The number of hydrogen-bond donors (Lipinski definition) is 1. The summed E-state index contributed by atoms with van der Waals surface area (Å²) in [4.78, 5) is 0. The van der Waals surface area contributed by atoms with Crippen molar-refractivity contribution in [2.24, 2.45) is 7.05 Å². The first-order valence-electron chi connectivity index (χ1n) is 4.91. The van der Waals surface area contributed by atoms with Crippen molar-refractivity contribution in [2.45, 2.75) is 6.10 Å². The first kappa shape index (κ1) is 13.6. The van der Waals surface area contributed by atoms with E-state index in [9.17, 15) is 13.9 Å². The van der Waals surface area contributed by atoms with E-state index >= 15 is 0 Å². The van der Waals surface area contributed by atoms with Crippen LogP contribution >= 0.6 is 31.9 Å². The number of hydrogen-bond acceptors (Lipinski definition) is 2. The Morgan fingerprint density at radius 1 is 1.28 bits per heavy atom. The fourth-order valence-corrected chi connectivity index (χ4v) is 2.65. The minimum absolute atomic E-state index is 0.275. The number of halogens is 4. The normalized spacial score (nSPS) is 12.8. The van der Waals surface area contributed by atoms with Crippen LogP contribution in [0.4, 0.5) is 8.78 Å². The third-order valence-electron chi connectivity index (χ3n) is 2.51. The highest BCUT2D eigenvalue weighted by Crippen LogP contribution is 2.32. The van der Waals surface area contributed by atoms with E-state index in [1.54, 1.807) is 7.05 Å². The van der Waals surface area contributed by atoms with Crippen LogP contribution in [0, 0.1) is 11.6 Å². The summed E-state index contributed by atoms with van der Waals surface area (Å²) in [5.74, 6) is -1.63. The van der Waals surface area contributed by atoms with Crippen molar-refractivity contribution in [1.29, 1.82) is 0 Å². The summed E-state index contributed by atoms with van der Waals surface area (Å²) in [6.45, 7) is 0. The molecular formula is C11H8Br2F2N2O. The first-order chi connectivity index (χ1) is 8.41. The van der Waals surface area contributed by atoms with Crippen LogP contribution < -0.4 is 0 Å². The van der Waals surface area contributed by atoms with E-state index in [0.29, 0.717) is 4.47 Å². The van der Waals surface area contributed by atoms with Gasteiger partial charge in [-0.25, -0.2) is 8.78 Å². The van der Waals surface area contributed by atoms with Gasteiger partial charge in [-0.15, -0.1) is 0 Å². The number of benzene rings is 1. The molecule has 1 heterocycles. The lowest BCUT2D eigenvalue weighted by atomic mass is 10.1. The molecule has 7 heteroatoms. The third kappa shape index (κ3) is 2.34. The molecule has 1 atom stereocenters. The number of aromatic nitrogens is 2. The monoisotopic (exact) mass is 380 g/mol. The lowest BCUT2D eigenvalue weighted by molar-refractivity contribution is 0.198. The van der Waals surface area contributed by atoms with Crippen molar-refractivity contribution in [1.82, 2.24) is 9.78 Å². The predicted molar refractivity (Wildman–Crippen MR) is 69.0 cm³/mol. The van der Waals surface area contributed by atoms with Crippen LogP contribution in [0.1, 0.15) is 17.4 Å². The maximum atomic E-state index is 13.7. The van der Waals surface area contributed by atoms with Crippen molar-refractivity contribution in [2.75, 3.05) is 0 Å². The fourth-order valence-electron chi connectivity index (χ4n) is 1.68. The smallest absolute Gasteiger partial charge is 0.133 e. The van der Waals surface area contributed by atoms with Crippen molar-refractivity contribution in [3.05, 3.63) is 50.2 Å². The molecule has 0 fully saturated rings. The van der Waals surface area contributed by atoms with Crippen molar-refractivity contribution >= 4 is 31.9 Å². The summed E-state index contributed by atoms with van der Waals surface area (Å²) < 4.78 is 29.6. The van der Waals surface area contributed by atoms with Crippen LogP contribution in [0.5, 0.6) is 0 Å². The number of aliphatic hydroxyl groups is 1. The summed E-state index contributed by atoms with van der Waals surface area (Å²) in [6.07, 6.45) is 0.0210. The van der Waals surface area contributed by atoms with Gasteiger partial charge in [-0.3, -0.25) is 4.68 Å². The summed E-state index contributed by atoms with van der Waals surface area (Å²) in [6, 6.07) is 2.21. The molecule has 1 N–H and O–H groups in total. The van der Waals surface area contributed by atoms with Gasteiger partial charge in [0.2, 0.25) is 0 Å². The van der Waals surface area contributed by atoms with Crippen LogP contribution in [0.2, 0.25) is 0 Å². The van der Waals surface area contributed by atoms with Gasteiger partial charge in [0.25, 0.3) is 0 Å². The fraction of sp³-hybridized carbons (Fsp3) is 0.182. The average Bonchev–Trinajstić information content (AvgIpc) is 2.56. The molecule has 0 aliphatic heterocycles. The second-order valence-corrected chi connectivity index (χ2v) is 5.46. The number of aryl methyl sites for hydroxylation is 1. The Balaban J connectivity index is 2.56. The van der Waals surface area contributed by atoms with Crippen LogP contribution in [0.15, 0.2) is 27.3 Å². The minimum Gasteiger partial charge on any atom is -0.382 e. The molecular weight excluding hydrogens is 374 g/mol. The lowest BCUT2D eigenvalue weighted by Gasteiger charge is -2.14. The molecule has 3 nitrogen and oxygen atoms in total. The van der Waals surface area contributed by atoms with Gasteiger partial charge in [-0.1, -0.05) is 15.9 Å². The third-order valence-corrected chi connectivity index (χ3v) is 3.58. The highest BCUT2D eigenvalue weighted by atomic mass is 79.9. The van der Waals surface area contributed by atoms with Gasteiger partial charge in [-0.05, 0) is 28.1 Å². The number of nitrogens with zero attached hydrogens (tertiary/aromatic N) is 2. The highest BCUT2D eigenvalue weighted by molar-refractivity contribution is 9.10. The molecule has 0 saturated carbocycles. The topological polar surface area (TPSA) is 38.0 Å². The van der Waals surface area contributed by atoms with E-state index in [1.807, 2.05) is 0 Å². The molecule has 1 aromatic heterocycles. The maximum Gasteiger partial charge on any atom is 0.133 e. The molecule has 18 heavy (non-hydrogen) atoms. The quantitative estimate of drug-likeness (QED) is 0.866. The van der Waals surface area contributed by atoms with Crippen LogP contribution in [0.3, 0.4) is 0 Å². The van der Waals surface area contributed by atoms with E-state index in [-0.39, 0.29) is 10.2 Å². The molecule has 0 radical (unpaired) electrons. The molecule has 0 amide bonds. The summed E-state index contributed by atoms with van der Waals surface area (Å²) in [5.41, 5.74) is -0.113. The molecule has 96 valence electrons. The molecule has 0 aliphatic rings. The number of rotatable bonds is 2. The molecule has 1 unspecified atom stereocenters. The zero-order valence-corrected chi connectivity index (χ0v) is 12.3. The average molecular weight is 382 g/mol. The van der Waals surface area contributed by atoms with Gasteiger partial charge in [-0.2, -0.15) is 5.10 Å². The van der Waals surface area contributed by atoms with Gasteiger partial charge < -0.3 is 5.11 Å². The van der Waals surface area contributed by atoms with E-state index in [4.69, 9.17) is 0 Å². The SMILES string of the molecule is Cn1ncc(Br)c1C(O)c1c(F)cc(Br)cc1F. The van der Waals surface area contributed by atoms with Gasteiger partial charge in [0.1, 0.15) is 17.7 Å². The second-order valence-electron chi connectivity index (χ2n) is 3.69. The Hall–Kier alpha value is -0.790. The Morgan fingerprint density at radius 2 is 1.83 bits per heavy atom. The summed E-state index contributed by atoms with van der Waals surface area (Å²) in [5, 5.41) is 14.0. The lowest BCUT2D eigenvalue weighted by Crippen LogP contribution is -2.11. The van der Waals surface area contributed by atoms with Gasteiger partial charge in [0.15, 0.2) is 0 Å². The predicted octanol–water partition coefficient (Wildman–Crippen LogP) is 3.31. The van der Waals surface area contributed by atoms with E-state index < -0.39 is 23.3 Å². The summed E-state index contributed by atoms with van der Waals surface area (Å²) in [7, 11) is 1.58. The van der Waals surface area contributed by atoms with Gasteiger partial charge >= 0.3 is 0 Å². The number of aliphatic hydroxyl groups excluding tert-OH is 1. The summed E-state index contributed by atoms with van der Waals surface area (Å²) >= 11 is 6.17. The van der Waals surface area contributed by atoms with E-state index in [2.05, 4.69) is 37.0 Å². The van der Waals surface area contributed by atoms with Crippen molar-refractivity contribution in [3.8, 4) is 0 Å². The highest BCUT2D eigenvalue weighted by Gasteiger charge is 2.25. The molecule has 0 saturated heterocycles. The largest absolute Gasteiger partial charge is 0.382 e. The molecule has 2 aromatic rings. The maximum absolute atomic E-state index is 13.7. The Morgan fingerprint density at radius 3 is 2.28 bits per heavy atom. The van der Waals surface area contributed by atoms with Gasteiger partial charge in [0.05, 0.1) is 21.9 Å². The Labute approximate surface area is 119 Å².